The molecule has 1 fully saturated rings. The van der Waals surface area contributed by atoms with Crippen molar-refractivity contribution >= 4 is 11.8 Å². The normalized spacial score (nSPS) is 18.8. The average molecular weight is 296 g/mol. The molecule has 0 bridgehead atoms. The third-order valence-corrected chi connectivity index (χ3v) is 4.16. The molecule has 1 atom stereocenters. The van der Waals surface area contributed by atoms with Crippen molar-refractivity contribution in [3.05, 3.63) is 0 Å². The van der Waals surface area contributed by atoms with Crippen LogP contribution in [0.4, 0.5) is 0 Å². The van der Waals surface area contributed by atoms with E-state index < -0.39 is 0 Å². The molecule has 0 aromatic carbocycles. The van der Waals surface area contributed by atoms with Crippen LogP contribution in [0.25, 0.3) is 0 Å². The minimum atomic E-state index is -0.165. The van der Waals surface area contributed by atoms with Gasteiger partial charge in [-0.3, -0.25) is 14.9 Å². The van der Waals surface area contributed by atoms with E-state index in [-0.39, 0.29) is 17.9 Å². The lowest BCUT2D eigenvalue weighted by atomic mass is 10.1. The first-order valence-electron chi connectivity index (χ1n) is 8.81. The zero-order valence-electron chi connectivity index (χ0n) is 13.6. The van der Waals surface area contributed by atoms with Gasteiger partial charge in [-0.05, 0) is 19.4 Å². The molecular formula is C17H32N2O2. The van der Waals surface area contributed by atoms with Gasteiger partial charge in [-0.25, -0.2) is 0 Å². The summed E-state index contributed by atoms with van der Waals surface area (Å²) in [7, 11) is 0. The van der Waals surface area contributed by atoms with Crippen molar-refractivity contribution < 1.29 is 9.59 Å². The van der Waals surface area contributed by atoms with Crippen LogP contribution in [0.2, 0.25) is 0 Å². The minimum Gasteiger partial charge on any atom is -0.306 e. The van der Waals surface area contributed by atoms with Crippen LogP contribution in [0.1, 0.15) is 84.0 Å². The maximum Gasteiger partial charge on any atom is 0.243 e. The molecule has 2 amide bonds. The summed E-state index contributed by atoms with van der Waals surface area (Å²) in [4.78, 5) is 22.5. The summed E-state index contributed by atoms with van der Waals surface area (Å²) in [6.07, 6.45) is 14.3. The Balaban J connectivity index is 1.84. The molecule has 1 unspecified atom stereocenters. The second kappa shape index (κ2) is 11.7. The number of carbonyl (C=O) groups is 2. The number of amides is 2. The lowest BCUT2D eigenvalue weighted by Gasteiger charge is -2.21. The Labute approximate surface area is 129 Å². The molecule has 0 aliphatic carbocycles. The Bertz CT molecular complexity index is 305. The van der Waals surface area contributed by atoms with Gasteiger partial charge in [0.05, 0.1) is 6.04 Å². The first-order chi connectivity index (χ1) is 10.2. The molecule has 0 aromatic rings. The van der Waals surface area contributed by atoms with Crippen LogP contribution in [-0.2, 0) is 9.59 Å². The summed E-state index contributed by atoms with van der Waals surface area (Å²) >= 11 is 0. The summed E-state index contributed by atoms with van der Waals surface area (Å²) in [5.74, 6) is -0.296. The standard InChI is InChI=1S/C17H32N2O2/c1-2-3-4-5-6-7-8-9-10-11-14-18-15-12-13-16(20)19-17(15)21/h15,18H,2-14H2,1H3,(H,19,20,21). The third-order valence-electron chi connectivity index (χ3n) is 4.16. The van der Waals surface area contributed by atoms with E-state index in [4.69, 9.17) is 0 Å². The number of hydrogen-bond donors (Lipinski definition) is 2. The van der Waals surface area contributed by atoms with Gasteiger partial charge in [0.2, 0.25) is 11.8 Å². The van der Waals surface area contributed by atoms with E-state index in [0.717, 1.165) is 13.0 Å². The summed E-state index contributed by atoms with van der Waals surface area (Å²) in [5, 5.41) is 5.63. The van der Waals surface area contributed by atoms with Gasteiger partial charge < -0.3 is 5.32 Å². The van der Waals surface area contributed by atoms with Crippen LogP contribution in [0, 0.1) is 0 Å². The third kappa shape index (κ3) is 8.86. The summed E-state index contributed by atoms with van der Waals surface area (Å²) in [6.45, 7) is 3.13. The maximum atomic E-state index is 11.5. The molecule has 21 heavy (non-hydrogen) atoms. The van der Waals surface area contributed by atoms with Gasteiger partial charge in [-0.15, -0.1) is 0 Å². The van der Waals surface area contributed by atoms with Crippen LogP contribution in [-0.4, -0.2) is 24.4 Å². The second-order valence-electron chi connectivity index (χ2n) is 6.14. The molecule has 1 aliphatic heterocycles. The lowest BCUT2D eigenvalue weighted by Crippen LogP contribution is -2.50. The fourth-order valence-electron chi connectivity index (χ4n) is 2.78. The van der Waals surface area contributed by atoms with E-state index in [9.17, 15) is 9.59 Å². The molecular weight excluding hydrogens is 264 g/mol. The highest BCUT2D eigenvalue weighted by molar-refractivity contribution is 6.00. The van der Waals surface area contributed by atoms with Crippen molar-refractivity contribution in [2.75, 3.05) is 6.54 Å². The number of carbonyl (C=O) groups excluding carboxylic acids is 2. The van der Waals surface area contributed by atoms with Crippen LogP contribution in [0.3, 0.4) is 0 Å². The van der Waals surface area contributed by atoms with Crippen molar-refractivity contribution in [3.63, 3.8) is 0 Å². The predicted octanol–water partition coefficient (Wildman–Crippen LogP) is 3.30. The predicted molar refractivity (Wildman–Crippen MR) is 86.0 cm³/mol. The van der Waals surface area contributed by atoms with Gasteiger partial charge in [-0.1, -0.05) is 64.7 Å². The molecule has 4 nitrogen and oxygen atoms in total. The second-order valence-corrected chi connectivity index (χ2v) is 6.14. The summed E-state index contributed by atoms with van der Waals surface area (Å²) in [6, 6.07) is -0.165. The molecule has 2 N–H and O–H groups in total. The van der Waals surface area contributed by atoms with Gasteiger partial charge in [0.25, 0.3) is 0 Å². The van der Waals surface area contributed by atoms with E-state index in [1.807, 2.05) is 0 Å². The fourth-order valence-corrected chi connectivity index (χ4v) is 2.78. The Hall–Kier alpha value is -0.900. The van der Waals surface area contributed by atoms with E-state index in [0.29, 0.717) is 12.8 Å². The number of rotatable bonds is 12. The van der Waals surface area contributed by atoms with Gasteiger partial charge in [-0.2, -0.15) is 0 Å². The smallest absolute Gasteiger partial charge is 0.243 e. The summed E-state index contributed by atoms with van der Waals surface area (Å²) < 4.78 is 0. The van der Waals surface area contributed by atoms with E-state index in [1.54, 1.807) is 0 Å². The zero-order chi connectivity index (χ0) is 15.3. The molecule has 1 rings (SSSR count). The van der Waals surface area contributed by atoms with Crippen LogP contribution in [0.5, 0.6) is 0 Å². The van der Waals surface area contributed by atoms with E-state index in [1.165, 1.54) is 57.8 Å². The molecule has 0 spiro atoms. The molecule has 4 heteroatoms. The number of hydrogen-bond acceptors (Lipinski definition) is 3. The van der Waals surface area contributed by atoms with E-state index in [2.05, 4.69) is 17.6 Å². The Morgan fingerprint density at radius 2 is 1.52 bits per heavy atom. The molecule has 1 heterocycles. The molecule has 0 aromatic heterocycles. The highest BCUT2D eigenvalue weighted by atomic mass is 16.2. The maximum absolute atomic E-state index is 11.5. The van der Waals surface area contributed by atoms with Crippen LogP contribution in [0.15, 0.2) is 0 Å². The van der Waals surface area contributed by atoms with Crippen molar-refractivity contribution in [2.45, 2.75) is 90.0 Å². The van der Waals surface area contributed by atoms with E-state index >= 15 is 0 Å². The molecule has 1 saturated heterocycles. The monoisotopic (exact) mass is 296 g/mol. The van der Waals surface area contributed by atoms with Gasteiger partial charge in [0.15, 0.2) is 0 Å². The lowest BCUT2D eigenvalue weighted by molar-refractivity contribution is -0.134. The van der Waals surface area contributed by atoms with Crippen molar-refractivity contribution in [2.24, 2.45) is 0 Å². The first kappa shape index (κ1) is 18.1. The number of piperidine rings is 1. The first-order valence-corrected chi connectivity index (χ1v) is 8.81. The molecule has 0 radical (unpaired) electrons. The van der Waals surface area contributed by atoms with Crippen molar-refractivity contribution in [1.29, 1.82) is 0 Å². The van der Waals surface area contributed by atoms with Crippen LogP contribution < -0.4 is 10.6 Å². The highest BCUT2D eigenvalue weighted by Crippen LogP contribution is 2.10. The van der Waals surface area contributed by atoms with Crippen molar-refractivity contribution in [1.82, 2.24) is 10.6 Å². The number of imide groups is 1. The van der Waals surface area contributed by atoms with Crippen LogP contribution >= 0.6 is 0 Å². The Morgan fingerprint density at radius 3 is 2.10 bits per heavy atom. The number of nitrogens with one attached hydrogen (secondary N) is 2. The van der Waals surface area contributed by atoms with Gasteiger partial charge in [0.1, 0.15) is 0 Å². The number of unbranched alkanes of at least 4 members (excludes halogenated alkanes) is 9. The zero-order valence-corrected chi connectivity index (χ0v) is 13.6. The van der Waals surface area contributed by atoms with Gasteiger partial charge in [0, 0.05) is 6.42 Å². The quantitative estimate of drug-likeness (QED) is 0.429. The fraction of sp³-hybridized carbons (Fsp3) is 0.882. The molecule has 1 aliphatic rings. The topological polar surface area (TPSA) is 58.2 Å². The average Bonchev–Trinajstić information content (AvgIpc) is 2.46. The Morgan fingerprint density at radius 1 is 0.952 bits per heavy atom. The SMILES string of the molecule is CCCCCCCCCCCCNC1CCC(=O)NC1=O. The van der Waals surface area contributed by atoms with Gasteiger partial charge >= 0.3 is 0 Å². The largest absolute Gasteiger partial charge is 0.306 e. The summed E-state index contributed by atoms with van der Waals surface area (Å²) in [5.41, 5.74) is 0. The minimum absolute atomic E-state index is 0.142. The van der Waals surface area contributed by atoms with Crippen molar-refractivity contribution in [3.8, 4) is 0 Å². The highest BCUT2D eigenvalue weighted by Gasteiger charge is 2.25. The molecule has 122 valence electrons. The molecule has 0 saturated carbocycles. The Kier molecular flexibility index (Phi) is 10.1.